The minimum absolute atomic E-state index is 0.619. The molecule has 7 heteroatoms. The molecule has 3 aromatic rings. The monoisotopic (exact) mass is 386 g/mol. The van der Waals surface area contributed by atoms with Crippen LogP contribution in [0.25, 0.3) is 11.4 Å². The summed E-state index contributed by atoms with van der Waals surface area (Å²) < 4.78 is 9.80. The van der Waals surface area contributed by atoms with Crippen LogP contribution in [0.2, 0.25) is 0 Å². The van der Waals surface area contributed by atoms with Crippen LogP contribution in [0.1, 0.15) is 5.56 Å². The Labute approximate surface area is 162 Å². The molecule has 136 valence electrons. The summed E-state index contributed by atoms with van der Waals surface area (Å²) in [7, 11) is 3.73. The number of nitrogens with zero attached hydrogens (tertiary/aromatic N) is 4. The molecule has 0 saturated carbocycles. The molecule has 2 aromatic heterocycles. The molecule has 0 saturated heterocycles. The number of rotatable bonds is 8. The first-order valence-corrected chi connectivity index (χ1v) is 9.60. The smallest absolute Gasteiger partial charge is 0.199 e. The number of allylic oxidation sites excluding steroid dienone is 1. The minimum Gasteiger partial charge on any atom is -0.497 e. The van der Waals surface area contributed by atoms with E-state index in [1.54, 1.807) is 18.4 Å². The van der Waals surface area contributed by atoms with Crippen LogP contribution in [0.15, 0.2) is 53.7 Å². The summed E-state index contributed by atoms with van der Waals surface area (Å²) >= 11 is 7.37. The molecular weight excluding hydrogens is 364 g/mol. The van der Waals surface area contributed by atoms with Crippen molar-refractivity contribution in [2.75, 3.05) is 14.2 Å². The Morgan fingerprint density at radius 2 is 2.08 bits per heavy atom. The van der Waals surface area contributed by atoms with E-state index < -0.39 is 0 Å². The first-order valence-electron chi connectivity index (χ1n) is 8.25. The van der Waals surface area contributed by atoms with E-state index in [2.05, 4.69) is 35.4 Å². The highest BCUT2D eigenvalue weighted by Gasteiger charge is 2.13. The summed E-state index contributed by atoms with van der Waals surface area (Å²) in [5, 5.41) is 9.03. The molecule has 0 radical (unpaired) electrons. The summed E-state index contributed by atoms with van der Waals surface area (Å²) in [5.74, 6) is 1.65. The SMILES string of the molecule is C=CCn1c(-c2ccc(OC)cc2)nn(CN(C)Cc2ccsc2)c1=S. The van der Waals surface area contributed by atoms with Crippen molar-refractivity contribution in [3.8, 4) is 17.1 Å². The zero-order valence-corrected chi connectivity index (χ0v) is 16.6. The van der Waals surface area contributed by atoms with Crippen LogP contribution in [0, 0.1) is 4.77 Å². The zero-order chi connectivity index (χ0) is 18.5. The van der Waals surface area contributed by atoms with Crippen LogP contribution in [0.3, 0.4) is 0 Å². The first-order chi connectivity index (χ1) is 12.6. The third-order valence-corrected chi connectivity index (χ3v) is 5.15. The average Bonchev–Trinajstić information content (AvgIpc) is 3.25. The molecule has 0 unspecified atom stereocenters. The van der Waals surface area contributed by atoms with E-state index in [0.717, 1.165) is 23.7 Å². The van der Waals surface area contributed by atoms with E-state index in [4.69, 9.17) is 22.1 Å². The Morgan fingerprint density at radius 1 is 1.31 bits per heavy atom. The Hall–Kier alpha value is -2.22. The van der Waals surface area contributed by atoms with Crippen molar-refractivity contribution in [1.29, 1.82) is 0 Å². The molecule has 0 aliphatic carbocycles. The lowest BCUT2D eigenvalue weighted by Gasteiger charge is -2.15. The Morgan fingerprint density at radius 3 is 2.69 bits per heavy atom. The maximum Gasteiger partial charge on any atom is 0.199 e. The van der Waals surface area contributed by atoms with Crippen molar-refractivity contribution in [3.05, 3.63) is 64.1 Å². The van der Waals surface area contributed by atoms with Gasteiger partial charge in [-0.05, 0) is 65.9 Å². The molecule has 2 heterocycles. The Kier molecular flexibility index (Phi) is 6.03. The predicted octanol–water partition coefficient (Wildman–Crippen LogP) is 4.43. The van der Waals surface area contributed by atoms with Gasteiger partial charge in [0.25, 0.3) is 0 Å². The van der Waals surface area contributed by atoms with Crippen molar-refractivity contribution in [3.63, 3.8) is 0 Å². The van der Waals surface area contributed by atoms with Crippen molar-refractivity contribution in [1.82, 2.24) is 19.2 Å². The fraction of sp³-hybridized carbons (Fsp3) is 0.263. The van der Waals surface area contributed by atoms with Crippen molar-refractivity contribution in [2.24, 2.45) is 0 Å². The van der Waals surface area contributed by atoms with Crippen LogP contribution >= 0.6 is 23.6 Å². The largest absolute Gasteiger partial charge is 0.497 e. The molecule has 1 aromatic carbocycles. The van der Waals surface area contributed by atoms with Gasteiger partial charge in [0, 0.05) is 18.7 Å². The summed E-state index contributed by atoms with van der Waals surface area (Å²) in [6.45, 7) is 5.95. The zero-order valence-electron chi connectivity index (χ0n) is 15.0. The molecule has 3 rings (SSSR count). The topological polar surface area (TPSA) is 35.2 Å². The molecule has 0 fully saturated rings. The van der Waals surface area contributed by atoms with Gasteiger partial charge in [-0.2, -0.15) is 16.4 Å². The van der Waals surface area contributed by atoms with Gasteiger partial charge >= 0.3 is 0 Å². The van der Waals surface area contributed by atoms with Gasteiger partial charge in [0.1, 0.15) is 5.75 Å². The molecule has 5 nitrogen and oxygen atoms in total. The van der Waals surface area contributed by atoms with Crippen LogP contribution in [0.4, 0.5) is 0 Å². The number of hydrogen-bond acceptors (Lipinski definition) is 5. The Balaban J connectivity index is 1.88. The third kappa shape index (κ3) is 4.12. The molecule has 26 heavy (non-hydrogen) atoms. The second-order valence-corrected chi connectivity index (χ2v) is 7.17. The average molecular weight is 387 g/mol. The fourth-order valence-electron chi connectivity index (χ4n) is 2.75. The van der Waals surface area contributed by atoms with Crippen molar-refractivity contribution in [2.45, 2.75) is 19.8 Å². The van der Waals surface area contributed by atoms with Crippen LogP contribution in [-0.4, -0.2) is 33.4 Å². The van der Waals surface area contributed by atoms with Crippen molar-refractivity contribution < 1.29 is 4.74 Å². The quantitative estimate of drug-likeness (QED) is 0.424. The van der Waals surface area contributed by atoms with Gasteiger partial charge in [0.15, 0.2) is 10.6 Å². The van der Waals surface area contributed by atoms with Gasteiger partial charge in [-0.1, -0.05) is 6.08 Å². The van der Waals surface area contributed by atoms with Crippen LogP contribution in [0.5, 0.6) is 5.75 Å². The summed E-state index contributed by atoms with van der Waals surface area (Å²) in [6.07, 6.45) is 1.84. The van der Waals surface area contributed by atoms with E-state index in [0.29, 0.717) is 18.0 Å². The van der Waals surface area contributed by atoms with Gasteiger partial charge in [0.2, 0.25) is 0 Å². The van der Waals surface area contributed by atoms with Gasteiger partial charge in [-0.3, -0.25) is 9.47 Å². The van der Waals surface area contributed by atoms with E-state index in [-0.39, 0.29) is 0 Å². The van der Waals surface area contributed by atoms with E-state index >= 15 is 0 Å². The van der Waals surface area contributed by atoms with E-state index in [9.17, 15) is 0 Å². The highest BCUT2D eigenvalue weighted by Crippen LogP contribution is 2.22. The van der Waals surface area contributed by atoms with Gasteiger partial charge in [0.05, 0.1) is 13.8 Å². The second kappa shape index (κ2) is 8.44. The molecule has 0 bridgehead atoms. The van der Waals surface area contributed by atoms with E-state index in [1.165, 1.54) is 5.56 Å². The van der Waals surface area contributed by atoms with E-state index in [1.807, 2.05) is 39.6 Å². The maximum absolute atomic E-state index is 5.66. The maximum atomic E-state index is 5.66. The lowest BCUT2D eigenvalue weighted by atomic mass is 10.2. The summed E-state index contributed by atoms with van der Waals surface area (Å²) in [5.41, 5.74) is 2.29. The highest BCUT2D eigenvalue weighted by molar-refractivity contribution is 7.71. The summed E-state index contributed by atoms with van der Waals surface area (Å²) in [6, 6.07) is 9.99. The lowest BCUT2D eigenvalue weighted by molar-refractivity contribution is 0.244. The predicted molar refractivity (Wildman–Crippen MR) is 109 cm³/mol. The standard InChI is InChI=1S/C19H22N4OS2/c1-4-10-22-18(16-5-7-17(24-3)8-6-16)20-23(19(22)25)14-21(2)12-15-9-11-26-13-15/h4-9,11,13H,1,10,12,14H2,2-3H3. The molecule has 0 amide bonds. The van der Waals surface area contributed by atoms with Crippen molar-refractivity contribution >= 4 is 23.6 Å². The Bertz CT molecular complexity index is 910. The van der Waals surface area contributed by atoms with Gasteiger partial charge in [-0.15, -0.1) is 6.58 Å². The molecule has 0 aliphatic rings. The van der Waals surface area contributed by atoms with Gasteiger partial charge in [-0.25, -0.2) is 4.68 Å². The fourth-order valence-corrected chi connectivity index (χ4v) is 3.67. The highest BCUT2D eigenvalue weighted by atomic mass is 32.1. The molecule has 0 spiro atoms. The van der Waals surface area contributed by atoms with Crippen LogP contribution in [-0.2, 0) is 19.8 Å². The normalized spacial score (nSPS) is 11.0. The number of hydrogen-bond donors (Lipinski definition) is 0. The number of benzene rings is 1. The number of methoxy groups -OCH3 is 1. The van der Waals surface area contributed by atoms with Gasteiger partial charge < -0.3 is 4.74 Å². The molecular formula is C19H22N4OS2. The molecule has 0 aliphatic heterocycles. The number of aromatic nitrogens is 3. The molecule has 0 N–H and O–H groups in total. The lowest BCUT2D eigenvalue weighted by Crippen LogP contribution is -2.22. The number of ether oxygens (including phenoxy) is 1. The first kappa shape index (κ1) is 18.6. The summed E-state index contributed by atoms with van der Waals surface area (Å²) in [4.78, 5) is 2.20. The number of thiophene rings is 1. The van der Waals surface area contributed by atoms with Crippen LogP contribution < -0.4 is 4.74 Å². The minimum atomic E-state index is 0.619. The molecule has 0 atom stereocenters. The second-order valence-electron chi connectivity index (χ2n) is 6.02. The third-order valence-electron chi connectivity index (χ3n) is 3.99.